The number of ether oxygens (including phenoxy) is 1. The van der Waals surface area contributed by atoms with Gasteiger partial charge >= 0.3 is 0 Å². The number of methoxy groups -OCH3 is 1. The summed E-state index contributed by atoms with van der Waals surface area (Å²) in [5, 5.41) is 5.42. The number of thiazole rings is 1. The lowest BCUT2D eigenvalue weighted by Gasteiger charge is -2.31. The fourth-order valence-corrected chi connectivity index (χ4v) is 3.57. The number of carbonyl (C=O) groups is 2. The molecule has 0 radical (unpaired) electrons. The highest BCUT2D eigenvalue weighted by Gasteiger charge is 2.28. The zero-order valence-corrected chi connectivity index (χ0v) is 15.1. The van der Waals surface area contributed by atoms with Crippen LogP contribution in [0, 0.1) is 12.8 Å². The number of nitrogens with one attached hydrogen (secondary N) is 1. The molecule has 0 unspecified atom stereocenters. The highest BCUT2D eigenvalue weighted by atomic mass is 32.1. The van der Waals surface area contributed by atoms with Crippen molar-refractivity contribution in [2.45, 2.75) is 19.8 Å². The summed E-state index contributed by atoms with van der Waals surface area (Å²) in [4.78, 5) is 30.9. The van der Waals surface area contributed by atoms with Gasteiger partial charge in [0.05, 0.1) is 12.8 Å². The normalized spacial score (nSPS) is 15.0. The van der Waals surface area contributed by atoms with E-state index in [1.165, 1.54) is 11.3 Å². The Balaban J connectivity index is 1.53. The largest absolute Gasteiger partial charge is 0.497 e. The van der Waals surface area contributed by atoms with Crippen LogP contribution in [0.25, 0.3) is 0 Å². The van der Waals surface area contributed by atoms with E-state index in [0.717, 1.165) is 11.4 Å². The van der Waals surface area contributed by atoms with Crippen LogP contribution < -0.4 is 10.1 Å². The summed E-state index contributed by atoms with van der Waals surface area (Å²) in [6.45, 7) is 3.06. The molecule has 1 aromatic carbocycles. The van der Waals surface area contributed by atoms with Gasteiger partial charge < -0.3 is 15.0 Å². The second kappa shape index (κ2) is 7.65. The van der Waals surface area contributed by atoms with Crippen LogP contribution in [-0.2, 0) is 4.79 Å². The highest BCUT2D eigenvalue weighted by molar-refractivity contribution is 7.13. The predicted octanol–water partition coefficient (Wildman–Crippen LogP) is 2.95. The van der Waals surface area contributed by atoms with Gasteiger partial charge in [0.15, 0.2) is 5.13 Å². The molecule has 1 aromatic heterocycles. The van der Waals surface area contributed by atoms with Gasteiger partial charge in [-0.05, 0) is 44.0 Å². The number of hydrogen-bond donors (Lipinski definition) is 1. The summed E-state index contributed by atoms with van der Waals surface area (Å²) < 4.78 is 5.11. The Morgan fingerprint density at radius 1 is 1.24 bits per heavy atom. The van der Waals surface area contributed by atoms with Crippen molar-refractivity contribution in [1.29, 1.82) is 0 Å². The van der Waals surface area contributed by atoms with E-state index >= 15 is 0 Å². The van der Waals surface area contributed by atoms with Gasteiger partial charge in [-0.1, -0.05) is 0 Å². The Labute approximate surface area is 150 Å². The monoisotopic (exact) mass is 359 g/mol. The van der Waals surface area contributed by atoms with Crippen molar-refractivity contribution in [3.8, 4) is 5.75 Å². The molecule has 0 atom stereocenters. The molecule has 1 aliphatic heterocycles. The minimum atomic E-state index is -0.0795. The van der Waals surface area contributed by atoms with Crippen LogP contribution >= 0.6 is 11.3 Å². The number of nitrogens with zero attached hydrogens (tertiary/aromatic N) is 2. The highest BCUT2D eigenvalue weighted by Crippen LogP contribution is 2.23. The lowest BCUT2D eigenvalue weighted by Crippen LogP contribution is -2.41. The number of aromatic nitrogens is 1. The van der Waals surface area contributed by atoms with Crippen molar-refractivity contribution in [2.24, 2.45) is 5.92 Å². The summed E-state index contributed by atoms with van der Waals surface area (Å²) in [5.41, 5.74) is 1.54. The Morgan fingerprint density at radius 2 is 1.92 bits per heavy atom. The quantitative estimate of drug-likeness (QED) is 0.911. The van der Waals surface area contributed by atoms with Crippen molar-refractivity contribution < 1.29 is 14.3 Å². The number of likely N-dealkylation sites (tertiary alicyclic amines) is 1. The van der Waals surface area contributed by atoms with Gasteiger partial charge in [-0.15, -0.1) is 11.3 Å². The molecule has 0 aliphatic carbocycles. The molecule has 1 N–H and O–H groups in total. The summed E-state index contributed by atoms with van der Waals surface area (Å²) >= 11 is 1.43. The van der Waals surface area contributed by atoms with Crippen LogP contribution in [0.1, 0.15) is 28.9 Å². The number of rotatable bonds is 4. The first kappa shape index (κ1) is 17.4. The average molecular weight is 359 g/mol. The van der Waals surface area contributed by atoms with Gasteiger partial charge in [0.25, 0.3) is 5.91 Å². The second-order valence-corrected chi connectivity index (χ2v) is 6.94. The number of amides is 2. The van der Waals surface area contributed by atoms with Crippen molar-refractivity contribution in [3.05, 3.63) is 40.9 Å². The topological polar surface area (TPSA) is 71.5 Å². The van der Waals surface area contributed by atoms with Gasteiger partial charge in [0.2, 0.25) is 5.91 Å². The fraction of sp³-hybridized carbons (Fsp3) is 0.389. The summed E-state index contributed by atoms with van der Waals surface area (Å²) in [6, 6.07) is 7.10. The number of benzene rings is 1. The molecule has 0 saturated carbocycles. The van der Waals surface area contributed by atoms with E-state index in [0.29, 0.717) is 36.6 Å². The fourth-order valence-electron chi connectivity index (χ4n) is 2.88. The van der Waals surface area contributed by atoms with Gasteiger partial charge in [-0.3, -0.25) is 9.59 Å². The molecule has 132 valence electrons. The first-order chi connectivity index (χ1) is 12.1. The molecule has 1 aliphatic rings. The third-order valence-corrected chi connectivity index (χ3v) is 5.21. The van der Waals surface area contributed by atoms with Gasteiger partial charge in [-0.2, -0.15) is 0 Å². The molecule has 0 spiro atoms. The van der Waals surface area contributed by atoms with Gasteiger partial charge in [0, 0.05) is 30.0 Å². The molecule has 1 fully saturated rings. The molecule has 7 heteroatoms. The third kappa shape index (κ3) is 4.17. The Kier molecular flexibility index (Phi) is 5.33. The zero-order valence-electron chi connectivity index (χ0n) is 14.3. The number of aryl methyl sites for hydroxylation is 1. The summed E-state index contributed by atoms with van der Waals surface area (Å²) in [6.07, 6.45) is 1.33. The summed E-state index contributed by atoms with van der Waals surface area (Å²) in [5.74, 6) is 0.636. The zero-order chi connectivity index (χ0) is 17.8. The first-order valence-corrected chi connectivity index (χ1v) is 9.11. The lowest BCUT2D eigenvalue weighted by atomic mass is 9.95. The smallest absolute Gasteiger partial charge is 0.253 e. The van der Waals surface area contributed by atoms with Crippen LogP contribution in [0.15, 0.2) is 29.6 Å². The van der Waals surface area contributed by atoms with Gasteiger partial charge in [-0.25, -0.2) is 4.98 Å². The van der Waals surface area contributed by atoms with E-state index in [2.05, 4.69) is 10.3 Å². The minimum Gasteiger partial charge on any atom is -0.497 e. The van der Waals surface area contributed by atoms with Crippen molar-refractivity contribution in [2.75, 3.05) is 25.5 Å². The van der Waals surface area contributed by atoms with Crippen LogP contribution in [0.5, 0.6) is 5.75 Å². The first-order valence-electron chi connectivity index (χ1n) is 8.23. The molecule has 2 aromatic rings. The maximum atomic E-state index is 12.5. The van der Waals surface area contributed by atoms with Gasteiger partial charge in [0.1, 0.15) is 5.75 Å². The van der Waals surface area contributed by atoms with Crippen molar-refractivity contribution >= 4 is 28.3 Å². The average Bonchev–Trinajstić information content (AvgIpc) is 3.06. The standard InChI is InChI=1S/C18H21N3O3S/c1-12-11-25-18(19-12)20-16(22)13-7-9-21(10-8-13)17(23)14-3-5-15(24-2)6-4-14/h3-6,11,13H,7-10H2,1-2H3,(H,19,20,22). The van der Waals surface area contributed by atoms with E-state index in [1.54, 1.807) is 36.3 Å². The molecule has 3 rings (SSSR count). The van der Waals surface area contributed by atoms with E-state index in [9.17, 15) is 9.59 Å². The van der Waals surface area contributed by atoms with E-state index in [-0.39, 0.29) is 17.7 Å². The molecular formula is C18H21N3O3S. The van der Waals surface area contributed by atoms with Crippen LogP contribution in [0.4, 0.5) is 5.13 Å². The molecular weight excluding hydrogens is 338 g/mol. The number of anilines is 1. The Bertz CT molecular complexity index is 749. The van der Waals surface area contributed by atoms with Crippen molar-refractivity contribution in [1.82, 2.24) is 9.88 Å². The van der Waals surface area contributed by atoms with E-state index < -0.39 is 0 Å². The molecule has 2 amide bonds. The van der Waals surface area contributed by atoms with Crippen LogP contribution in [0.2, 0.25) is 0 Å². The second-order valence-electron chi connectivity index (χ2n) is 6.08. The molecule has 25 heavy (non-hydrogen) atoms. The van der Waals surface area contributed by atoms with Crippen molar-refractivity contribution in [3.63, 3.8) is 0 Å². The maximum absolute atomic E-state index is 12.5. The molecule has 2 heterocycles. The molecule has 0 bridgehead atoms. The SMILES string of the molecule is COc1ccc(C(=O)N2CCC(C(=O)Nc3nc(C)cs3)CC2)cc1. The Hall–Kier alpha value is -2.41. The number of piperidine rings is 1. The van der Waals surface area contributed by atoms with Crippen LogP contribution in [-0.4, -0.2) is 41.9 Å². The molecule has 1 saturated heterocycles. The summed E-state index contributed by atoms with van der Waals surface area (Å²) in [7, 11) is 1.60. The number of carbonyl (C=O) groups excluding carboxylic acids is 2. The van der Waals surface area contributed by atoms with E-state index in [1.807, 2.05) is 12.3 Å². The maximum Gasteiger partial charge on any atom is 0.253 e. The Morgan fingerprint density at radius 3 is 2.48 bits per heavy atom. The lowest BCUT2D eigenvalue weighted by molar-refractivity contribution is -0.121. The van der Waals surface area contributed by atoms with Crippen LogP contribution in [0.3, 0.4) is 0 Å². The molecule has 6 nitrogen and oxygen atoms in total. The predicted molar refractivity (Wildman–Crippen MR) is 97.1 cm³/mol. The minimum absolute atomic E-state index is 0.00272. The third-order valence-electron chi connectivity index (χ3n) is 4.34. The van der Waals surface area contributed by atoms with E-state index in [4.69, 9.17) is 4.74 Å². The number of hydrogen-bond acceptors (Lipinski definition) is 5.